The smallest absolute Gasteiger partial charge is 0.129 e. The number of benzene rings is 2. The first-order valence-electron chi connectivity index (χ1n) is 5.92. The zero-order valence-electron chi connectivity index (χ0n) is 10.7. The van der Waals surface area contributed by atoms with Gasteiger partial charge in [-0.1, -0.05) is 28.1 Å². The number of rotatable bonds is 3. The van der Waals surface area contributed by atoms with Gasteiger partial charge in [0, 0.05) is 10.0 Å². The fourth-order valence-corrected chi connectivity index (χ4v) is 2.78. The van der Waals surface area contributed by atoms with Crippen LogP contribution in [0.15, 0.2) is 40.9 Å². The lowest BCUT2D eigenvalue weighted by Gasteiger charge is -2.21. The molecule has 1 N–H and O–H groups in total. The molecule has 0 aliphatic carbocycles. The molecule has 100 valence electrons. The van der Waals surface area contributed by atoms with Crippen LogP contribution in [0.5, 0.6) is 0 Å². The van der Waals surface area contributed by atoms with Crippen LogP contribution in [-0.4, -0.2) is 7.05 Å². The van der Waals surface area contributed by atoms with Crippen molar-refractivity contribution in [3.63, 3.8) is 0 Å². The highest BCUT2D eigenvalue weighted by atomic mass is 79.9. The second-order valence-corrected chi connectivity index (χ2v) is 5.21. The van der Waals surface area contributed by atoms with Crippen molar-refractivity contribution in [3.8, 4) is 0 Å². The molecule has 2 rings (SSSR count). The largest absolute Gasteiger partial charge is 0.309 e. The van der Waals surface area contributed by atoms with Gasteiger partial charge in [-0.2, -0.15) is 0 Å². The first-order valence-corrected chi connectivity index (χ1v) is 6.71. The van der Waals surface area contributed by atoms with Gasteiger partial charge >= 0.3 is 0 Å². The summed E-state index contributed by atoms with van der Waals surface area (Å²) in [6, 6.07) is 9.06. The first kappa shape index (κ1) is 14.2. The van der Waals surface area contributed by atoms with Gasteiger partial charge in [-0.3, -0.25) is 0 Å². The molecule has 1 atom stereocenters. The van der Waals surface area contributed by atoms with E-state index in [1.807, 2.05) is 6.92 Å². The van der Waals surface area contributed by atoms with Gasteiger partial charge < -0.3 is 5.32 Å². The van der Waals surface area contributed by atoms with Crippen molar-refractivity contribution in [2.45, 2.75) is 13.0 Å². The Morgan fingerprint density at radius 2 is 1.89 bits per heavy atom. The third kappa shape index (κ3) is 2.85. The fourth-order valence-electron chi connectivity index (χ4n) is 2.20. The van der Waals surface area contributed by atoms with Crippen LogP contribution in [0.3, 0.4) is 0 Å². The summed E-state index contributed by atoms with van der Waals surface area (Å²) in [5.41, 5.74) is 2.17. The second kappa shape index (κ2) is 5.80. The van der Waals surface area contributed by atoms with E-state index < -0.39 is 0 Å². The van der Waals surface area contributed by atoms with Crippen LogP contribution in [-0.2, 0) is 0 Å². The van der Waals surface area contributed by atoms with E-state index in [1.54, 1.807) is 25.2 Å². The molecule has 0 saturated carbocycles. The third-order valence-corrected chi connectivity index (χ3v) is 3.81. The van der Waals surface area contributed by atoms with E-state index in [0.29, 0.717) is 10.0 Å². The van der Waals surface area contributed by atoms with Gasteiger partial charge in [-0.05, 0) is 49.4 Å². The molecule has 0 aromatic heterocycles. The summed E-state index contributed by atoms with van der Waals surface area (Å²) in [4.78, 5) is 0. The van der Waals surface area contributed by atoms with Gasteiger partial charge in [-0.15, -0.1) is 0 Å². The van der Waals surface area contributed by atoms with Gasteiger partial charge in [0.2, 0.25) is 0 Å². The fraction of sp³-hybridized carbons (Fsp3) is 0.200. The molecule has 0 fully saturated rings. The number of halogens is 3. The summed E-state index contributed by atoms with van der Waals surface area (Å²) in [6.07, 6.45) is 0. The normalized spacial score (nSPS) is 12.5. The second-order valence-electron chi connectivity index (χ2n) is 4.36. The molecule has 0 heterocycles. The summed E-state index contributed by atoms with van der Waals surface area (Å²) < 4.78 is 27.9. The summed E-state index contributed by atoms with van der Waals surface area (Å²) in [5, 5.41) is 3.08. The Morgan fingerprint density at radius 1 is 1.16 bits per heavy atom. The molecule has 0 radical (unpaired) electrons. The predicted molar refractivity (Wildman–Crippen MR) is 76.1 cm³/mol. The summed E-state index contributed by atoms with van der Waals surface area (Å²) >= 11 is 3.37. The Kier molecular flexibility index (Phi) is 4.32. The molecule has 0 aliphatic rings. The molecule has 0 aliphatic heterocycles. The Bertz CT molecular complexity index is 578. The van der Waals surface area contributed by atoms with Crippen molar-refractivity contribution < 1.29 is 8.78 Å². The molecule has 1 unspecified atom stereocenters. The van der Waals surface area contributed by atoms with Crippen molar-refractivity contribution in [1.82, 2.24) is 5.32 Å². The topological polar surface area (TPSA) is 12.0 Å². The Balaban J connectivity index is 2.56. The highest BCUT2D eigenvalue weighted by Gasteiger charge is 2.20. The van der Waals surface area contributed by atoms with Crippen LogP contribution in [0.1, 0.15) is 22.7 Å². The molecule has 1 nitrogen and oxygen atoms in total. The van der Waals surface area contributed by atoms with Gasteiger partial charge in [-0.25, -0.2) is 8.78 Å². The van der Waals surface area contributed by atoms with E-state index in [4.69, 9.17) is 0 Å². The Hall–Kier alpha value is -1.26. The molecule has 0 saturated heterocycles. The standard InChI is InChI=1S/C15H14BrF2N/c1-9-8-10(17)6-7-11(9)15(19-2)14-12(16)4-3-5-13(14)18/h3-8,15,19H,1-2H3. The average molecular weight is 326 g/mol. The van der Waals surface area contributed by atoms with E-state index in [2.05, 4.69) is 21.2 Å². The van der Waals surface area contributed by atoms with Crippen molar-refractivity contribution >= 4 is 15.9 Å². The lowest BCUT2D eigenvalue weighted by atomic mass is 9.94. The average Bonchev–Trinajstić information content (AvgIpc) is 2.35. The van der Waals surface area contributed by atoms with Crippen LogP contribution >= 0.6 is 15.9 Å². The number of nitrogens with one attached hydrogen (secondary N) is 1. The summed E-state index contributed by atoms with van der Waals surface area (Å²) in [7, 11) is 1.76. The van der Waals surface area contributed by atoms with Gasteiger partial charge in [0.15, 0.2) is 0 Å². The van der Waals surface area contributed by atoms with Crippen LogP contribution < -0.4 is 5.32 Å². The maximum absolute atomic E-state index is 14.0. The number of hydrogen-bond donors (Lipinski definition) is 1. The Labute approximate surface area is 119 Å². The molecule has 0 amide bonds. The van der Waals surface area contributed by atoms with E-state index in [1.165, 1.54) is 18.2 Å². The number of aryl methyl sites for hydroxylation is 1. The van der Waals surface area contributed by atoms with Gasteiger partial charge in [0.1, 0.15) is 11.6 Å². The lowest BCUT2D eigenvalue weighted by Crippen LogP contribution is -2.20. The molecule has 2 aromatic rings. The van der Waals surface area contributed by atoms with Gasteiger partial charge in [0.05, 0.1) is 6.04 Å². The highest BCUT2D eigenvalue weighted by Crippen LogP contribution is 2.32. The molecule has 19 heavy (non-hydrogen) atoms. The molecule has 0 bridgehead atoms. The van der Waals surface area contributed by atoms with E-state index in [-0.39, 0.29) is 17.7 Å². The van der Waals surface area contributed by atoms with Crippen molar-refractivity contribution in [3.05, 3.63) is 69.2 Å². The van der Waals surface area contributed by atoms with Crippen LogP contribution in [0.25, 0.3) is 0 Å². The van der Waals surface area contributed by atoms with E-state index in [0.717, 1.165) is 11.1 Å². The molecule has 0 spiro atoms. The maximum Gasteiger partial charge on any atom is 0.129 e. The zero-order valence-corrected chi connectivity index (χ0v) is 12.3. The van der Waals surface area contributed by atoms with E-state index >= 15 is 0 Å². The molecule has 2 aromatic carbocycles. The Morgan fingerprint density at radius 3 is 2.47 bits per heavy atom. The van der Waals surface area contributed by atoms with E-state index in [9.17, 15) is 8.78 Å². The SMILES string of the molecule is CNC(c1ccc(F)cc1C)c1c(F)cccc1Br. The quantitative estimate of drug-likeness (QED) is 0.884. The van der Waals surface area contributed by atoms with Crippen molar-refractivity contribution in [2.24, 2.45) is 0 Å². The number of hydrogen-bond acceptors (Lipinski definition) is 1. The zero-order chi connectivity index (χ0) is 14.0. The molecular weight excluding hydrogens is 312 g/mol. The minimum Gasteiger partial charge on any atom is -0.309 e. The van der Waals surface area contributed by atoms with Crippen LogP contribution in [0.4, 0.5) is 8.78 Å². The summed E-state index contributed by atoms with van der Waals surface area (Å²) in [6.45, 7) is 1.82. The van der Waals surface area contributed by atoms with Gasteiger partial charge in [0.25, 0.3) is 0 Å². The highest BCUT2D eigenvalue weighted by molar-refractivity contribution is 9.10. The predicted octanol–water partition coefficient (Wildman–Crippen LogP) is 4.34. The minimum absolute atomic E-state index is 0.288. The summed E-state index contributed by atoms with van der Waals surface area (Å²) in [5.74, 6) is -0.582. The lowest BCUT2D eigenvalue weighted by molar-refractivity contribution is 0.571. The van der Waals surface area contributed by atoms with Crippen molar-refractivity contribution in [2.75, 3.05) is 7.05 Å². The maximum atomic E-state index is 14.0. The molecular formula is C15H14BrF2N. The van der Waals surface area contributed by atoms with Crippen molar-refractivity contribution in [1.29, 1.82) is 0 Å². The first-order chi connectivity index (χ1) is 9.04. The monoisotopic (exact) mass is 325 g/mol. The minimum atomic E-state index is -0.323. The third-order valence-electron chi connectivity index (χ3n) is 3.12. The van der Waals surface area contributed by atoms with Crippen LogP contribution in [0.2, 0.25) is 0 Å². The molecule has 4 heteroatoms. The van der Waals surface area contributed by atoms with Crippen LogP contribution in [0, 0.1) is 18.6 Å².